The monoisotopic (exact) mass is 284 g/mol. The van der Waals surface area contributed by atoms with Crippen molar-refractivity contribution in [3.8, 4) is 0 Å². The summed E-state index contributed by atoms with van der Waals surface area (Å²) < 4.78 is 2.07. The van der Waals surface area contributed by atoms with Gasteiger partial charge in [-0.3, -0.25) is 9.80 Å². The Morgan fingerprint density at radius 2 is 2.10 bits per heavy atom. The van der Waals surface area contributed by atoms with E-state index in [2.05, 4.69) is 50.6 Å². The SMILES string of the molecule is CC1CCCCN1C1CN(Cc2cccc3ccnn23)C1. The van der Waals surface area contributed by atoms with Crippen LogP contribution in [0.15, 0.2) is 30.5 Å². The number of aromatic nitrogens is 2. The molecule has 2 aromatic heterocycles. The second kappa shape index (κ2) is 5.43. The van der Waals surface area contributed by atoms with Gasteiger partial charge in [0.25, 0.3) is 0 Å². The molecule has 112 valence electrons. The Bertz CT molecular complexity index is 614. The van der Waals surface area contributed by atoms with E-state index in [0.717, 1.165) is 18.6 Å². The number of piperidine rings is 1. The predicted molar refractivity (Wildman–Crippen MR) is 84.3 cm³/mol. The van der Waals surface area contributed by atoms with E-state index in [0.29, 0.717) is 0 Å². The lowest BCUT2D eigenvalue weighted by atomic mass is 9.97. The second-order valence-corrected chi connectivity index (χ2v) is 6.62. The molecule has 2 saturated heterocycles. The van der Waals surface area contributed by atoms with Crippen molar-refractivity contribution in [2.45, 2.75) is 44.8 Å². The Morgan fingerprint density at radius 1 is 1.19 bits per heavy atom. The summed E-state index contributed by atoms with van der Waals surface area (Å²) >= 11 is 0. The third-order valence-electron chi connectivity index (χ3n) is 5.15. The van der Waals surface area contributed by atoms with Gasteiger partial charge in [0.1, 0.15) is 0 Å². The summed E-state index contributed by atoms with van der Waals surface area (Å²) in [6.45, 7) is 7.13. The van der Waals surface area contributed by atoms with Gasteiger partial charge in [-0.1, -0.05) is 12.5 Å². The fourth-order valence-electron chi connectivity index (χ4n) is 3.90. The highest BCUT2D eigenvalue weighted by Crippen LogP contribution is 2.25. The first kappa shape index (κ1) is 13.3. The van der Waals surface area contributed by atoms with Crippen molar-refractivity contribution in [2.75, 3.05) is 19.6 Å². The van der Waals surface area contributed by atoms with E-state index < -0.39 is 0 Å². The van der Waals surface area contributed by atoms with Crippen LogP contribution in [0.1, 0.15) is 31.9 Å². The number of fused-ring (bicyclic) bond motifs is 1. The molecule has 2 aromatic rings. The van der Waals surface area contributed by atoms with E-state index in [9.17, 15) is 0 Å². The molecule has 1 atom stereocenters. The van der Waals surface area contributed by atoms with Crippen LogP contribution in [0, 0.1) is 0 Å². The Labute approximate surface area is 126 Å². The first-order valence-corrected chi connectivity index (χ1v) is 8.21. The molecule has 4 rings (SSSR count). The van der Waals surface area contributed by atoms with E-state index >= 15 is 0 Å². The fourth-order valence-corrected chi connectivity index (χ4v) is 3.90. The van der Waals surface area contributed by atoms with Crippen LogP contribution in [0.25, 0.3) is 5.52 Å². The minimum atomic E-state index is 0.775. The third-order valence-corrected chi connectivity index (χ3v) is 5.15. The van der Waals surface area contributed by atoms with Crippen LogP contribution in [0.4, 0.5) is 0 Å². The largest absolute Gasteiger partial charge is 0.295 e. The molecule has 0 amide bonds. The summed E-state index contributed by atoms with van der Waals surface area (Å²) in [4.78, 5) is 5.27. The van der Waals surface area contributed by atoms with E-state index in [-0.39, 0.29) is 0 Å². The maximum Gasteiger partial charge on any atom is 0.0665 e. The van der Waals surface area contributed by atoms with Crippen molar-refractivity contribution in [3.05, 3.63) is 36.2 Å². The van der Waals surface area contributed by atoms with Crippen LogP contribution >= 0.6 is 0 Å². The molecule has 2 aliphatic heterocycles. The van der Waals surface area contributed by atoms with Crippen molar-refractivity contribution in [3.63, 3.8) is 0 Å². The fraction of sp³-hybridized carbons (Fsp3) is 0.588. The highest BCUT2D eigenvalue weighted by atomic mass is 15.3. The molecule has 0 bridgehead atoms. The lowest BCUT2D eigenvalue weighted by molar-refractivity contribution is -0.00699. The number of pyridine rings is 1. The topological polar surface area (TPSA) is 23.8 Å². The number of hydrogen-bond acceptors (Lipinski definition) is 3. The maximum absolute atomic E-state index is 4.43. The number of likely N-dealkylation sites (tertiary alicyclic amines) is 2. The van der Waals surface area contributed by atoms with Crippen molar-refractivity contribution >= 4 is 5.52 Å². The Balaban J connectivity index is 1.39. The standard InChI is InChI=1S/C17H24N4/c1-14-5-2-3-10-20(14)17-12-19(13-17)11-16-7-4-6-15-8-9-18-21(15)16/h4,6-9,14,17H,2-3,5,10-13H2,1H3. The zero-order valence-electron chi connectivity index (χ0n) is 12.8. The van der Waals surface area contributed by atoms with Gasteiger partial charge in [0.15, 0.2) is 0 Å². The maximum atomic E-state index is 4.43. The zero-order valence-corrected chi connectivity index (χ0v) is 12.8. The molecule has 0 radical (unpaired) electrons. The number of rotatable bonds is 3. The van der Waals surface area contributed by atoms with Crippen LogP contribution in [-0.4, -0.2) is 51.1 Å². The normalized spacial score (nSPS) is 25.3. The molecule has 21 heavy (non-hydrogen) atoms. The predicted octanol–water partition coefficient (Wildman–Crippen LogP) is 2.39. The van der Waals surface area contributed by atoms with Crippen molar-refractivity contribution in [1.82, 2.24) is 19.4 Å². The molecule has 0 spiro atoms. The average Bonchev–Trinajstić information content (AvgIpc) is 2.93. The summed E-state index contributed by atoms with van der Waals surface area (Å²) in [5, 5.41) is 4.43. The van der Waals surface area contributed by atoms with Crippen LogP contribution < -0.4 is 0 Å². The number of nitrogens with zero attached hydrogens (tertiary/aromatic N) is 4. The van der Waals surface area contributed by atoms with Crippen LogP contribution in [0.5, 0.6) is 0 Å². The molecule has 0 saturated carbocycles. The lowest BCUT2D eigenvalue weighted by Gasteiger charge is -2.49. The lowest BCUT2D eigenvalue weighted by Crippen LogP contribution is -2.61. The summed E-state index contributed by atoms with van der Waals surface area (Å²) in [6.07, 6.45) is 6.05. The molecular weight excluding hydrogens is 260 g/mol. The van der Waals surface area contributed by atoms with E-state index in [1.54, 1.807) is 0 Å². The van der Waals surface area contributed by atoms with Crippen LogP contribution in [0.2, 0.25) is 0 Å². The van der Waals surface area contributed by atoms with Gasteiger partial charge in [0, 0.05) is 37.9 Å². The number of hydrogen-bond donors (Lipinski definition) is 0. The van der Waals surface area contributed by atoms with Gasteiger partial charge >= 0.3 is 0 Å². The van der Waals surface area contributed by atoms with Crippen LogP contribution in [0.3, 0.4) is 0 Å². The van der Waals surface area contributed by atoms with Crippen molar-refractivity contribution < 1.29 is 0 Å². The third kappa shape index (κ3) is 2.47. The summed E-state index contributed by atoms with van der Waals surface area (Å²) in [5.41, 5.74) is 2.48. The minimum Gasteiger partial charge on any atom is -0.295 e. The minimum absolute atomic E-state index is 0.775. The average molecular weight is 284 g/mol. The van der Waals surface area contributed by atoms with E-state index in [4.69, 9.17) is 0 Å². The van der Waals surface area contributed by atoms with E-state index in [1.165, 1.54) is 50.1 Å². The molecule has 0 aromatic carbocycles. The molecule has 2 aliphatic rings. The van der Waals surface area contributed by atoms with Gasteiger partial charge < -0.3 is 0 Å². The molecule has 0 N–H and O–H groups in total. The molecular formula is C17H24N4. The van der Waals surface area contributed by atoms with Gasteiger partial charge in [0.2, 0.25) is 0 Å². The molecule has 2 fully saturated rings. The summed E-state index contributed by atoms with van der Waals surface area (Å²) in [7, 11) is 0. The Kier molecular flexibility index (Phi) is 3.43. The van der Waals surface area contributed by atoms with Crippen molar-refractivity contribution in [1.29, 1.82) is 0 Å². The van der Waals surface area contributed by atoms with Gasteiger partial charge in [0.05, 0.1) is 11.2 Å². The quantitative estimate of drug-likeness (QED) is 0.865. The van der Waals surface area contributed by atoms with Gasteiger partial charge in [-0.25, -0.2) is 4.52 Å². The zero-order chi connectivity index (χ0) is 14.2. The van der Waals surface area contributed by atoms with Gasteiger partial charge in [-0.05, 0) is 44.5 Å². The first-order chi connectivity index (χ1) is 10.3. The Hall–Kier alpha value is -1.39. The summed E-state index contributed by atoms with van der Waals surface area (Å²) in [6, 6.07) is 10.1. The molecule has 4 heteroatoms. The Morgan fingerprint density at radius 3 is 2.95 bits per heavy atom. The molecule has 4 nitrogen and oxygen atoms in total. The van der Waals surface area contributed by atoms with Gasteiger partial charge in [-0.15, -0.1) is 0 Å². The van der Waals surface area contributed by atoms with Crippen LogP contribution in [-0.2, 0) is 6.54 Å². The van der Waals surface area contributed by atoms with E-state index in [1.807, 2.05) is 6.20 Å². The summed E-state index contributed by atoms with van der Waals surface area (Å²) in [5.74, 6) is 0. The van der Waals surface area contributed by atoms with Crippen molar-refractivity contribution in [2.24, 2.45) is 0 Å². The first-order valence-electron chi connectivity index (χ1n) is 8.21. The highest BCUT2D eigenvalue weighted by Gasteiger charge is 2.35. The second-order valence-electron chi connectivity index (χ2n) is 6.62. The molecule has 0 aliphatic carbocycles. The smallest absolute Gasteiger partial charge is 0.0665 e. The highest BCUT2D eigenvalue weighted by molar-refractivity contribution is 5.46. The molecule has 1 unspecified atom stereocenters. The molecule has 4 heterocycles. The van der Waals surface area contributed by atoms with Gasteiger partial charge in [-0.2, -0.15) is 5.10 Å².